The molecule has 0 amide bonds. The predicted molar refractivity (Wildman–Crippen MR) is 343 cm³/mol. The number of carbonyl (C=O) groups is 3. The van der Waals surface area contributed by atoms with E-state index in [0.717, 1.165) is 103 Å². The summed E-state index contributed by atoms with van der Waals surface area (Å²) in [6.45, 7) is 6.34. The molecule has 0 aliphatic rings. The molecule has 6 heteroatoms. The van der Waals surface area contributed by atoms with Gasteiger partial charge < -0.3 is 14.2 Å². The van der Waals surface area contributed by atoms with E-state index in [4.69, 9.17) is 14.2 Å². The zero-order valence-electron chi connectivity index (χ0n) is 51.3. The molecule has 0 N–H and O–H groups in total. The Balaban J connectivity index is 4.36. The number of hydrogen-bond donors (Lipinski definition) is 0. The number of hydrogen-bond acceptors (Lipinski definition) is 6. The van der Waals surface area contributed by atoms with Crippen LogP contribution in [0, 0.1) is 0 Å². The van der Waals surface area contributed by atoms with Crippen LogP contribution in [0.25, 0.3) is 0 Å². The highest BCUT2D eigenvalue weighted by atomic mass is 16.6. The number of rotatable bonds is 58. The lowest BCUT2D eigenvalue weighted by molar-refractivity contribution is -0.166. The van der Waals surface area contributed by atoms with Crippen LogP contribution >= 0.6 is 0 Å². The summed E-state index contributed by atoms with van der Waals surface area (Å²) >= 11 is 0. The largest absolute Gasteiger partial charge is 0.462 e. The Hall–Kier alpha value is -4.45. The summed E-state index contributed by atoms with van der Waals surface area (Å²) in [4.78, 5) is 38.3. The van der Waals surface area contributed by atoms with Crippen molar-refractivity contribution in [3.05, 3.63) is 134 Å². The van der Waals surface area contributed by atoms with Gasteiger partial charge in [0.25, 0.3) is 0 Å². The van der Waals surface area contributed by atoms with E-state index in [0.29, 0.717) is 19.3 Å². The SMILES string of the molecule is CC/C=C\C/C=C\C/C=C\C/C=C\C/C=C\CCCCCCCCCCCCCC(=O)OCC(COC(=O)CC/C=C\C/C=C\C/C=C\C/C=C\CC)OC(=O)CCCCCCCCCCC/C=C\C/C=C\CCCCCCC. The normalized spacial score (nSPS) is 13.0. The van der Waals surface area contributed by atoms with Crippen molar-refractivity contribution in [3.63, 3.8) is 0 Å². The number of unbranched alkanes of at least 4 members (excludes halogenated alkanes) is 25. The molecule has 0 radical (unpaired) electrons. The van der Waals surface area contributed by atoms with E-state index < -0.39 is 6.10 Å². The second kappa shape index (κ2) is 66.1. The average Bonchev–Trinajstić information content (AvgIpc) is 3.45. The second-order valence-corrected chi connectivity index (χ2v) is 21.3. The maximum atomic E-state index is 12.9. The molecule has 0 saturated carbocycles. The molecule has 0 aliphatic carbocycles. The van der Waals surface area contributed by atoms with Gasteiger partial charge in [0.15, 0.2) is 6.10 Å². The summed E-state index contributed by atoms with van der Waals surface area (Å²) in [7, 11) is 0. The lowest BCUT2D eigenvalue weighted by Crippen LogP contribution is -2.30. The highest BCUT2D eigenvalue weighted by molar-refractivity contribution is 5.71. The minimum Gasteiger partial charge on any atom is -0.462 e. The molecule has 1 atom stereocenters. The third-order valence-electron chi connectivity index (χ3n) is 13.6. The molecule has 0 aromatic carbocycles. The summed E-state index contributed by atoms with van der Waals surface area (Å²) in [5, 5.41) is 0. The minimum atomic E-state index is -0.816. The van der Waals surface area contributed by atoms with Crippen molar-refractivity contribution >= 4 is 17.9 Å². The molecule has 1 unspecified atom stereocenters. The highest BCUT2D eigenvalue weighted by Crippen LogP contribution is 2.16. The van der Waals surface area contributed by atoms with Gasteiger partial charge in [-0.2, -0.15) is 0 Å². The highest BCUT2D eigenvalue weighted by Gasteiger charge is 2.19. The summed E-state index contributed by atoms with van der Waals surface area (Å²) in [6.07, 6.45) is 93.3. The third kappa shape index (κ3) is 64.3. The maximum absolute atomic E-state index is 12.9. The summed E-state index contributed by atoms with van der Waals surface area (Å²) in [6, 6.07) is 0. The van der Waals surface area contributed by atoms with E-state index in [1.165, 1.54) is 141 Å². The first-order valence-electron chi connectivity index (χ1n) is 32.7. The molecule has 0 heterocycles. The Morgan fingerprint density at radius 2 is 0.519 bits per heavy atom. The Kier molecular flexibility index (Phi) is 62.3. The number of esters is 3. The molecule has 0 saturated heterocycles. The summed E-state index contributed by atoms with van der Waals surface area (Å²) in [5.41, 5.74) is 0. The summed E-state index contributed by atoms with van der Waals surface area (Å²) in [5.74, 6) is -0.995. The van der Waals surface area contributed by atoms with Crippen molar-refractivity contribution in [1.82, 2.24) is 0 Å². The van der Waals surface area contributed by atoms with E-state index in [2.05, 4.69) is 148 Å². The van der Waals surface area contributed by atoms with E-state index in [-0.39, 0.29) is 37.5 Å². The Labute approximate surface area is 487 Å². The van der Waals surface area contributed by atoms with E-state index >= 15 is 0 Å². The third-order valence-corrected chi connectivity index (χ3v) is 13.6. The quantitative estimate of drug-likeness (QED) is 0.0261. The fourth-order valence-corrected chi connectivity index (χ4v) is 8.81. The molecular weight excluding hydrogens is 973 g/mol. The molecule has 448 valence electrons. The Bertz CT molecular complexity index is 1680. The monoisotopic (exact) mass is 1090 g/mol. The lowest BCUT2D eigenvalue weighted by atomic mass is 10.0. The maximum Gasteiger partial charge on any atom is 0.306 e. The fraction of sp³-hybridized carbons (Fsp3) is 0.658. The first-order valence-corrected chi connectivity index (χ1v) is 32.7. The molecule has 6 nitrogen and oxygen atoms in total. The molecule has 0 aromatic rings. The molecule has 0 fully saturated rings. The molecule has 0 bridgehead atoms. The summed E-state index contributed by atoms with van der Waals surface area (Å²) < 4.78 is 16.9. The molecule has 0 aromatic heterocycles. The zero-order valence-corrected chi connectivity index (χ0v) is 51.3. The van der Waals surface area contributed by atoms with Crippen molar-refractivity contribution in [2.45, 2.75) is 297 Å². The van der Waals surface area contributed by atoms with Gasteiger partial charge in [0.1, 0.15) is 13.2 Å². The van der Waals surface area contributed by atoms with Crippen LogP contribution in [-0.2, 0) is 28.6 Å². The van der Waals surface area contributed by atoms with Gasteiger partial charge in [0.2, 0.25) is 0 Å². The van der Waals surface area contributed by atoms with Crippen LogP contribution in [0.2, 0.25) is 0 Å². The van der Waals surface area contributed by atoms with Crippen LogP contribution in [0.4, 0.5) is 0 Å². The van der Waals surface area contributed by atoms with Crippen LogP contribution in [0.5, 0.6) is 0 Å². The standard InChI is InChI=1S/C73H120O6/c1-4-7-10-13-16-19-22-25-27-29-31-33-34-35-36-37-38-40-41-43-45-48-51-54-57-60-63-66-72(75)78-69-70(68-77-71(74)65-62-59-56-53-50-47-24-21-18-15-12-9-6-3)79-73(76)67-64-61-58-55-52-49-46-44-42-39-32-30-28-26-23-20-17-14-11-8-5-2/h7,9-10,12,16,18-19,21,23,25-27,30-33,35-36,47,50,56,59,70H,4-6,8,11,13-15,17,20,22,24,28-29,34,37-46,48-49,51-55,57-58,60-69H2,1-3H3/b10-7-,12-9-,19-16-,21-18-,26-23-,27-25-,32-30-,33-31-,36-35-,50-47-,59-56-. The van der Waals surface area contributed by atoms with Gasteiger partial charge >= 0.3 is 17.9 Å². The van der Waals surface area contributed by atoms with Crippen LogP contribution in [0.1, 0.15) is 290 Å². The number of allylic oxidation sites excluding steroid dienone is 22. The number of ether oxygens (including phenoxy) is 3. The van der Waals surface area contributed by atoms with Crippen LogP contribution in [0.15, 0.2) is 134 Å². The van der Waals surface area contributed by atoms with Crippen molar-refractivity contribution in [3.8, 4) is 0 Å². The first kappa shape index (κ1) is 74.5. The minimum absolute atomic E-state index is 0.106. The predicted octanol–water partition coefficient (Wildman–Crippen LogP) is 22.5. The fourth-order valence-electron chi connectivity index (χ4n) is 8.81. The van der Waals surface area contributed by atoms with E-state index in [1.807, 2.05) is 6.08 Å². The van der Waals surface area contributed by atoms with Crippen molar-refractivity contribution in [2.24, 2.45) is 0 Å². The van der Waals surface area contributed by atoms with Gasteiger partial charge in [-0.15, -0.1) is 0 Å². The lowest BCUT2D eigenvalue weighted by Gasteiger charge is -2.18. The van der Waals surface area contributed by atoms with Crippen molar-refractivity contribution in [2.75, 3.05) is 13.2 Å². The van der Waals surface area contributed by atoms with Gasteiger partial charge in [0.05, 0.1) is 0 Å². The van der Waals surface area contributed by atoms with Gasteiger partial charge in [-0.1, -0.05) is 283 Å². The van der Waals surface area contributed by atoms with Gasteiger partial charge in [-0.05, 0) is 122 Å². The van der Waals surface area contributed by atoms with Crippen molar-refractivity contribution < 1.29 is 28.6 Å². The van der Waals surface area contributed by atoms with E-state index in [9.17, 15) is 14.4 Å². The molecule has 0 rings (SSSR count). The molecular formula is C73H120O6. The molecule has 0 spiro atoms. The van der Waals surface area contributed by atoms with Gasteiger partial charge in [-0.25, -0.2) is 0 Å². The first-order chi connectivity index (χ1) is 39.0. The Morgan fingerprint density at radius 3 is 0.848 bits per heavy atom. The van der Waals surface area contributed by atoms with E-state index in [1.54, 1.807) is 0 Å². The average molecular weight is 1090 g/mol. The van der Waals surface area contributed by atoms with Crippen LogP contribution in [-0.4, -0.2) is 37.2 Å². The zero-order chi connectivity index (χ0) is 57.1. The number of carbonyl (C=O) groups excluding carboxylic acids is 3. The molecule has 79 heavy (non-hydrogen) atoms. The topological polar surface area (TPSA) is 78.9 Å². The van der Waals surface area contributed by atoms with Gasteiger partial charge in [-0.3, -0.25) is 14.4 Å². The van der Waals surface area contributed by atoms with Crippen molar-refractivity contribution in [1.29, 1.82) is 0 Å². The second-order valence-electron chi connectivity index (χ2n) is 21.3. The Morgan fingerprint density at radius 1 is 0.266 bits per heavy atom. The smallest absolute Gasteiger partial charge is 0.306 e. The van der Waals surface area contributed by atoms with Crippen LogP contribution < -0.4 is 0 Å². The van der Waals surface area contributed by atoms with Gasteiger partial charge in [0, 0.05) is 19.3 Å². The molecule has 0 aliphatic heterocycles. The van der Waals surface area contributed by atoms with Crippen LogP contribution in [0.3, 0.4) is 0 Å².